The summed E-state index contributed by atoms with van der Waals surface area (Å²) < 4.78 is 1.50. The predicted octanol–water partition coefficient (Wildman–Crippen LogP) is 6.44. The molecule has 1 spiro atoms. The monoisotopic (exact) mass is 490 g/mol. The Morgan fingerprint density at radius 1 is 0.545 bits per heavy atom. The van der Waals surface area contributed by atoms with Gasteiger partial charge >= 0.3 is 0 Å². The lowest BCUT2D eigenvalue weighted by Gasteiger charge is -2.76. The summed E-state index contributed by atoms with van der Waals surface area (Å²) in [6.07, 6.45) is 14.9. The van der Waals surface area contributed by atoms with Crippen LogP contribution in [0.4, 0.5) is 0 Å². The van der Waals surface area contributed by atoms with Crippen molar-refractivity contribution in [2.24, 2.45) is 35.0 Å². The van der Waals surface area contributed by atoms with E-state index in [9.17, 15) is 0 Å². The first-order valence-electron chi connectivity index (χ1n) is 9.39. The zero-order valence-electron chi connectivity index (χ0n) is 13.1. The van der Waals surface area contributed by atoms with Gasteiger partial charge in [-0.3, -0.25) is 0 Å². The van der Waals surface area contributed by atoms with Crippen LogP contribution in [0.15, 0.2) is 0 Å². The highest BCUT2D eigenvalue weighted by Crippen LogP contribution is 2.79. The first-order chi connectivity index (χ1) is 10.3. The van der Waals surface area contributed by atoms with E-state index in [0.29, 0.717) is 13.0 Å². The van der Waals surface area contributed by atoms with Crippen LogP contribution in [0.25, 0.3) is 0 Å². The molecule has 0 heterocycles. The maximum Gasteiger partial charge on any atom is 0.0277 e. The molecule has 122 valence electrons. The highest BCUT2D eigenvalue weighted by Gasteiger charge is 2.73. The summed E-state index contributed by atoms with van der Waals surface area (Å²) in [6.45, 7) is 0. The lowest BCUT2D eigenvalue weighted by molar-refractivity contribution is -0.217. The fraction of sp³-hybridized carbons (Fsp3) is 1.00. The van der Waals surface area contributed by atoms with Crippen molar-refractivity contribution in [1.29, 1.82) is 0 Å². The van der Waals surface area contributed by atoms with Crippen LogP contribution >= 0.6 is 47.8 Å². The largest absolute Gasteiger partial charge is 0.0853 e. The SMILES string of the molecule is BrC12CC3CC(C1)C1(C(C3)C2)C2CC3(Br)CC1CC(Br)(C2)C3. The normalized spacial score (nSPS) is 70.8. The van der Waals surface area contributed by atoms with Gasteiger partial charge in [-0.25, -0.2) is 0 Å². The summed E-state index contributed by atoms with van der Waals surface area (Å²) >= 11 is 12.6. The zero-order chi connectivity index (χ0) is 15.0. The summed E-state index contributed by atoms with van der Waals surface area (Å²) in [4.78, 5) is 0. The van der Waals surface area contributed by atoms with E-state index in [1.807, 2.05) is 0 Å². The lowest BCUT2D eigenvalue weighted by Crippen LogP contribution is -2.71. The maximum absolute atomic E-state index is 4.21. The molecule has 0 aliphatic heterocycles. The van der Waals surface area contributed by atoms with Gasteiger partial charge in [0.05, 0.1) is 0 Å². The summed E-state index contributed by atoms with van der Waals surface area (Å²) in [5, 5.41) is 0. The van der Waals surface area contributed by atoms with Gasteiger partial charge in [-0.05, 0) is 99.2 Å². The Labute approximate surface area is 159 Å². The van der Waals surface area contributed by atoms with Crippen LogP contribution in [0.3, 0.4) is 0 Å². The minimum atomic E-state index is 0.480. The molecule has 0 radical (unpaired) electrons. The fourth-order valence-electron chi connectivity index (χ4n) is 9.29. The average molecular weight is 493 g/mol. The van der Waals surface area contributed by atoms with Crippen molar-refractivity contribution in [3.8, 4) is 0 Å². The van der Waals surface area contributed by atoms with E-state index < -0.39 is 0 Å². The summed E-state index contributed by atoms with van der Waals surface area (Å²) in [6, 6.07) is 0. The molecule has 3 heteroatoms. The van der Waals surface area contributed by atoms with Crippen LogP contribution in [-0.4, -0.2) is 13.0 Å². The third-order valence-electron chi connectivity index (χ3n) is 9.03. The van der Waals surface area contributed by atoms with Crippen molar-refractivity contribution in [3.63, 3.8) is 0 Å². The number of hydrogen-bond donors (Lipinski definition) is 0. The first kappa shape index (κ1) is 14.6. The summed E-state index contributed by atoms with van der Waals surface area (Å²) in [5.41, 5.74) is 0.739. The van der Waals surface area contributed by atoms with Gasteiger partial charge in [0.1, 0.15) is 0 Å². The number of hydrogen-bond acceptors (Lipinski definition) is 0. The van der Waals surface area contributed by atoms with E-state index in [0.717, 1.165) is 35.0 Å². The predicted molar refractivity (Wildman–Crippen MR) is 101 cm³/mol. The number of alkyl halides is 3. The van der Waals surface area contributed by atoms with Gasteiger partial charge in [0.2, 0.25) is 0 Å². The van der Waals surface area contributed by atoms with Crippen molar-refractivity contribution in [2.75, 3.05) is 0 Å². The molecule has 2 atom stereocenters. The fourth-order valence-corrected chi connectivity index (χ4v) is 13.5. The molecule has 8 aliphatic rings. The number of halogens is 3. The van der Waals surface area contributed by atoms with E-state index in [4.69, 9.17) is 0 Å². The van der Waals surface area contributed by atoms with Crippen LogP contribution in [-0.2, 0) is 0 Å². The minimum Gasteiger partial charge on any atom is -0.0853 e. The molecule has 8 rings (SSSR count). The average Bonchev–Trinajstić information content (AvgIpc) is 2.31. The molecule has 22 heavy (non-hydrogen) atoms. The maximum atomic E-state index is 4.21. The van der Waals surface area contributed by atoms with Gasteiger partial charge in [0.15, 0.2) is 0 Å². The first-order valence-corrected chi connectivity index (χ1v) is 11.8. The van der Waals surface area contributed by atoms with Crippen LogP contribution in [0.2, 0.25) is 0 Å². The molecular formula is C19H25Br3. The highest BCUT2D eigenvalue weighted by molar-refractivity contribution is 9.10. The second-order valence-corrected chi connectivity index (χ2v) is 15.2. The molecule has 8 aliphatic carbocycles. The molecule has 0 aromatic rings. The lowest BCUT2D eigenvalue weighted by atomic mass is 9.32. The van der Waals surface area contributed by atoms with Gasteiger partial charge < -0.3 is 0 Å². The van der Waals surface area contributed by atoms with E-state index in [1.54, 1.807) is 12.8 Å². The van der Waals surface area contributed by atoms with Crippen molar-refractivity contribution >= 4 is 47.8 Å². The van der Waals surface area contributed by atoms with Crippen LogP contribution < -0.4 is 0 Å². The third kappa shape index (κ3) is 1.62. The molecule has 8 bridgehead atoms. The van der Waals surface area contributed by atoms with Crippen LogP contribution in [0, 0.1) is 35.0 Å². The van der Waals surface area contributed by atoms with E-state index in [-0.39, 0.29) is 0 Å². The Hall–Kier alpha value is 1.44. The molecule has 0 saturated heterocycles. The van der Waals surface area contributed by atoms with Crippen molar-refractivity contribution in [3.05, 3.63) is 0 Å². The zero-order valence-corrected chi connectivity index (χ0v) is 17.8. The van der Waals surface area contributed by atoms with E-state index in [1.165, 1.54) is 51.4 Å². The van der Waals surface area contributed by atoms with E-state index >= 15 is 0 Å². The summed E-state index contributed by atoms with van der Waals surface area (Å²) in [5.74, 6) is 5.13. The van der Waals surface area contributed by atoms with Crippen molar-refractivity contribution in [2.45, 2.75) is 77.2 Å². The summed E-state index contributed by atoms with van der Waals surface area (Å²) in [7, 11) is 0. The van der Waals surface area contributed by atoms with Crippen LogP contribution in [0.1, 0.15) is 64.2 Å². The van der Waals surface area contributed by atoms with Gasteiger partial charge in [0.25, 0.3) is 0 Å². The van der Waals surface area contributed by atoms with Gasteiger partial charge in [0, 0.05) is 13.0 Å². The van der Waals surface area contributed by atoms with Gasteiger partial charge in [-0.15, -0.1) is 0 Å². The van der Waals surface area contributed by atoms with E-state index in [2.05, 4.69) is 47.8 Å². The second-order valence-electron chi connectivity index (χ2n) is 10.2. The standard InChI is InChI=1S/C19H25Br3/c20-16-3-11-1-12(4-16)19(13(2-11)5-16)14-6-17(21)8-15(19)9-18(22,7-14)10-17/h11-15H,1-10H2. The number of rotatable bonds is 0. The Balaban J connectivity index is 1.48. The molecule has 8 fully saturated rings. The quantitative estimate of drug-likeness (QED) is 0.341. The molecule has 8 saturated carbocycles. The topological polar surface area (TPSA) is 0 Å². The Morgan fingerprint density at radius 2 is 1.00 bits per heavy atom. The van der Waals surface area contributed by atoms with Gasteiger partial charge in [-0.1, -0.05) is 47.8 Å². The van der Waals surface area contributed by atoms with Crippen molar-refractivity contribution < 1.29 is 0 Å². The smallest absolute Gasteiger partial charge is 0.0277 e. The Bertz CT molecular complexity index is 501. The highest BCUT2D eigenvalue weighted by atomic mass is 79.9. The van der Waals surface area contributed by atoms with Crippen molar-refractivity contribution in [1.82, 2.24) is 0 Å². The molecule has 0 N–H and O–H groups in total. The molecule has 0 nitrogen and oxygen atoms in total. The Kier molecular flexibility index (Phi) is 2.69. The van der Waals surface area contributed by atoms with Crippen LogP contribution in [0.5, 0.6) is 0 Å². The molecule has 0 amide bonds. The second kappa shape index (κ2) is 4.05. The molecular weight excluding hydrogens is 468 g/mol. The minimum absolute atomic E-state index is 0.480. The van der Waals surface area contributed by atoms with Gasteiger partial charge in [-0.2, -0.15) is 0 Å². The third-order valence-corrected chi connectivity index (χ3v) is 11.9. The molecule has 2 unspecified atom stereocenters. The Morgan fingerprint density at radius 3 is 1.45 bits per heavy atom. The molecule has 0 aromatic carbocycles. The molecule has 0 aromatic heterocycles.